The summed E-state index contributed by atoms with van der Waals surface area (Å²) in [5, 5.41) is 55.2. The van der Waals surface area contributed by atoms with Crippen LogP contribution in [0.1, 0.15) is 128 Å². The molecule has 11 heteroatoms. The summed E-state index contributed by atoms with van der Waals surface area (Å²) in [4.78, 5) is 40.7. The molecule has 0 radical (unpaired) electrons. The van der Waals surface area contributed by atoms with E-state index < -0.39 is 89.0 Å². The van der Waals surface area contributed by atoms with Crippen LogP contribution in [0, 0.1) is 53.3 Å². The van der Waals surface area contributed by atoms with Crippen LogP contribution in [0.2, 0.25) is 0 Å². The van der Waals surface area contributed by atoms with Gasteiger partial charge in [0.25, 0.3) is 0 Å². The van der Waals surface area contributed by atoms with E-state index in [1.165, 1.54) is 32.9 Å². The Morgan fingerprint density at radius 2 is 1.47 bits per heavy atom. The zero-order valence-corrected chi connectivity index (χ0v) is 36.5. The second-order valence-corrected chi connectivity index (χ2v) is 18.2. The zero-order valence-electron chi connectivity index (χ0n) is 36.5. The molecule has 0 amide bonds. The summed E-state index contributed by atoms with van der Waals surface area (Å²) in [6.07, 6.45) is 10.3. The molecular formula is C46H76O11. The maximum absolute atomic E-state index is 13.6. The van der Waals surface area contributed by atoms with Gasteiger partial charge >= 0.3 is 5.97 Å². The number of rotatable bonds is 4. The van der Waals surface area contributed by atoms with Crippen molar-refractivity contribution in [3.05, 3.63) is 36.5 Å². The van der Waals surface area contributed by atoms with E-state index in [1.54, 1.807) is 27.7 Å². The number of ether oxygens (including phenoxy) is 3. The van der Waals surface area contributed by atoms with Gasteiger partial charge in [-0.3, -0.25) is 9.59 Å². The average Bonchev–Trinajstić information content (AvgIpc) is 3.17. The molecule has 0 aliphatic carbocycles. The molecule has 11 nitrogen and oxygen atoms in total. The highest BCUT2D eigenvalue weighted by molar-refractivity contribution is 5.91. The number of Topliss-reactive ketones (excluding diaryl/α,β-unsaturated/α-hetero) is 2. The van der Waals surface area contributed by atoms with Gasteiger partial charge in [-0.05, 0) is 76.5 Å². The molecule has 3 aliphatic heterocycles. The van der Waals surface area contributed by atoms with Crippen molar-refractivity contribution in [2.45, 2.75) is 182 Å². The van der Waals surface area contributed by atoms with Gasteiger partial charge in [0.15, 0.2) is 11.6 Å². The Kier molecular flexibility index (Phi) is 18.4. The molecule has 3 heterocycles. The van der Waals surface area contributed by atoms with E-state index in [9.17, 15) is 39.9 Å². The maximum Gasteiger partial charge on any atom is 0.330 e. The van der Waals surface area contributed by atoms with Crippen molar-refractivity contribution in [3.63, 3.8) is 0 Å². The molecule has 2 saturated heterocycles. The van der Waals surface area contributed by atoms with Crippen molar-refractivity contribution in [2.75, 3.05) is 0 Å². The third kappa shape index (κ3) is 12.0. The standard InChI is InChI=1S/C46H76O11/c1-12-34-18-16-14-15-17-28(5)43(52)45(11,54)44(53)33(10)41(51)32(9)40(50)31(8)39(49)27(4)19-22-38(48)55-42-30(7)36(21-20-34)56-46(35(42)13-2)24-23-26(3)37(57-46)25-29(6)47/h14-16,18-19,22,26-37,39,41-43,47,49,51-52,54H,12-13,17,20-21,23-25H2,1-11H3/b15-14+,18-16+,22-19+/t26-,27-,28+,29?,30+,31+,32-,33-,34-,35+,36-,37-,39-,41+,42+,43-,45-,46?/m1/s1. The molecule has 2 bridgehead atoms. The van der Waals surface area contributed by atoms with Gasteiger partial charge in [-0.15, -0.1) is 0 Å². The van der Waals surface area contributed by atoms with Crippen molar-refractivity contribution in [2.24, 2.45) is 53.3 Å². The fourth-order valence-corrected chi connectivity index (χ4v) is 9.37. The van der Waals surface area contributed by atoms with E-state index in [0.29, 0.717) is 32.1 Å². The minimum Gasteiger partial charge on any atom is -0.458 e. The molecule has 326 valence electrons. The number of fused-ring (bicyclic) bond motifs is 2. The molecule has 57 heavy (non-hydrogen) atoms. The molecule has 0 saturated carbocycles. The minimum absolute atomic E-state index is 0.163. The Bertz CT molecular complexity index is 1400. The highest BCUT2D eigenvalue weighted by Gasteiger charge is 2.57. The monoisotopic (exact) mass is 805 g/mol. The maximum atomic E-state index is 13.6. The number of hydrogen-bond acceptors (Lipinski definition) is 11. The van der Waals surface area contributed by atoms with E-state index >= 15 is 0 Å². The molecule has 3 aliphatic rings. The zero-order chi connectivity index (χ0) is 43.0. The Labute approximate surface area is 342 Å². The van der Waals surface area contributed by atoms with Gasteiger partial charge in [-0.25, -0.2) is 4.79 Å². The molecule has 2 fully saturated rings. The fraction of sp³-hybridized carbons (Fsp3) is 0.804. The normalized spacial score (nSPS) is 46.2. The molecule has 5 N–H and O–H groups in total. The van der Waals surface area contributed by atoms with E-state index in [-0.39, 0.29) is 35.9 Å². The van der Waals surface area contributed by atoms with Gasteiger partial charge in [0.1, 0.15) is 17.5 Å². The quantitative estimate of drug-likeness (QED) is 0.202. The summed E-state index contributed by atoms with van der Waals surface area (Å²) in [6, 6.07) is 0. The van der Waals surface area contributed by atoms with Crippen molar-refractivity contribution < 1.29 is 54.1 Å². The van der Waals surface area contributed by atoms with Crippen LogP contribution < -0.4 is 0 Å². The number of ketones is 2. The number of allylic oxidation sites excluding steroid dienone is 4. The van der Waals surface area contributed by atoms with Crippen LogP contribution in [0.4, 0.5) is 0 Å². The molecule has 0 aromatic rings. The highest BCUT2D eigenvalue weighted by atomic mass is 16.7. The third-order valence-corrected chi connectivity index (χ3v) is 13.6. The molecule has 3 rings (SSSR count). The fourth-order valence-electron chi connectivity index (χ4n) is 9.37. The number of carbonyl (C=O) groups is 3. The lowest BCUT2D eigenvalue weighted by molar-refractivity contribution is -0.374. The Balaban J connectivity index is 2.02. The van der Waals surface area contributed by atoms with Crippen molar-refractivity contribution >= 4 is 17.5 Å². The Morgan fingerprint density at radius 3 is 2.09 bits per heavy atom. The predicted molar refractivity (Wildman–Crippen MR) is 220 cm³/mol. The number of aliphatic hydroxyl groups excluding tert-OH is 4. The van der Waals surface area contributed by atoms with Crippen molar-refractivity contribution in [3.8, 4) is 0 Å². The second kappa shape index (κ2) is 21.3. The van der Waals surface area contributed by atoms with Crippen LogP contribution in [0.5, 0.6) is 0 Å². The van der Waals surface area contributed by atoms with Gasteiger partial charge in [0.05, 0.1) is 42.5 Å². The van der Waals surface area contributed by atoms with Crippen LogP contribution >= 0.6 is 0 Å². The Hall–Kier alpha value is -2.25. The van der Waals surface area contributed by atoms with Gasteiger partial charge in [-0.1, -0.05) is 92.7 Å². The number of hydrogen-bond donors (Lipinski definition) is 5. The summed E-state index contributed by atoms with van der Waals surface area (Å²) < 4.78 is 20.3. The van der Waals surface area contributed by atoms with E-state index in [1.807, 2.05) is 25.2 Å². The van der Waals surface area contributed by atoms with E-state index in [4.69, 9.17) is 14.2 Å². The predicted octanol–water partition coefficient (Wildman–Crippen LogP) is 6.27. The number of aliphatic hydroxyl groups is 5. The lowest BCUT2D eigenvalue weighted by Crippen LogP contribution is -2.63. The molecule has 18 atom stereocenters. The molecule has 0 aromatic heterocycles. The third-order valence-electron chi connectivity index (χ3n) is 13.6. The first-order valence-corrected chi connectivity index (χ1v) is 21.7. The highest BCUT2D eigenvalue weighted by Crippen LogP contribution is 2.50. The summed E-state index contributed by atoms with van der Waals surface area (Å²) in [6.45, 7) is 19.2. The largest absolute Gasteiger partial charge is 0.458 e. The first kappa shape index (κ1) is 49.1. The summed E-state index contributed by atoms with van der Waals surface area (Å²) in [5.41, 5.74) is -2.18. The van der Waals surface area contributed by atoms with Crippen LogP contribution in [0.15, 0.2) is 36.5 Å². The van der Waals surface area contributed by atoms with Crippen molar-refractivity contribution in [1.82, 2.24) is 0 Å². The van der Waals surface area contributed by atoms with Crippen LogP contribution in [-0.2, 0) is 28.6 Å². The summed E-state index contributed by atoms with van der Waals surface area (Å²) in [7, 11) is 0. The molecule has 2 unspecified atom stereocenters. The topological polar surface area (TPSA) is 180 Å². The lowest BCUT2D eigenvalue weighted by atomic mass is 9.73. The van der Waals surface area contributed by atoms with E-state index in [0.717, 1.165) is 19.3 Å². The first-order chi connectivity index (χ1) is 26.6. The van der Waals surface area contributed by atoms with Gasteiger partial charge in [0, 0.05) is 42.1 Å². The summed E-state index contributed by atoms with van der Waals surface area (Å²) >= 11 is 0. The number of carbonyl (C=O) groups excluding carboxylic acids is 3. The van der Waals surface area contributed by atoms with Crippen molar-refractivity contribution in [1.29, 1.82) is 0 Å². The lowest BCUT2D eigenvalue weighted by Gasteiger charge is -2.56. The van der Waals surface area contributed by atoms with Gasteiger partial charge < -0.3 is 39.7 Å². The van der Waals surface area contributed by atoms with Crippen LogP contribution in [0.3, 0.4) is 0 Å². The van der Waals surface area contributed by atoms with Crippen LogP contribution in [0.25, 0.3) is 0 Å². The van der Waals surface area contributed by atoms with Gasteiger partial charge in [0.2, 0.25) is 0 Å². The van der Waals surface area contributed by atoms with Gasteiger partial charge in [-0.2, -0.15) is 0 Å². The average molecular weight is 805 g/mol. The molecule has 1 spiro atoms. The smallest absolute Gasteiger partial charge is 0.330 e. The summed E-state index contributed by atoms with van der Waals surface area (Å²) in [5.74, 6) is -7.21. The van der Waals surface area contributed by atoms with Crippen LogP contribution in [-0.4, -0.2) is 97.2 Å². The number of esters is 1. The molecule has 0 aromatic carbocycles. The minimum atomic E-state index is -2.18. The Morgan fingerprint density at radius 1 is 0.825 bits per heavy atom. The SMILES string of the molecule is CC[C@@H]1/C=C/C=C/C[C@H](C)[C@@H](O)[C@@](C)(O)C(=O)[C@H](C)[C@@H](O)[C@H](C)C(=O)[C@@H](C)[C@H](O)[C@H](C)/C=C/C(=O)O[C@H]2[C@@H](C)[C@@H](CC1)OC1(CC[C@@H](C)[C@@H](CC(C)O)O1)[C@H]2CC. The van der Waals surface area contributed by atoms with E-state index in [2.05, 4.69) is 26.8 Å². The molecular weight excluding hydrogens is 728 g/mol. The second-order valence-electron chi connectivity index (χ2n) is 18.2. The first-order valence-electron chi connectivity index (χ1n) is 21.7.